The van der Waals surface area contributed by atoms with Crippen LogP contribution in [0.2, 0.25) is 5.02 Å². The van der Waals surface area contributed by atoms with Crippen molar-refractivity contribution in [3.05, 3.63) is 88.3 Å². The maximum atomic E-state index is 13.1. The molecule has 1 atom stereocenters. The van der Waals surface area contributed by atoms with E-state index in [1.54, 1.807) is 18.3 Å². The highest BCUT2D eigenvalue weighted by Crippen LogP contribution is 2.32. The highest BCUT2D eigenvalue weighted by atomic mass is 35.5. The van der Waals surface area contributed by atoms with Crippen molar-refractivity contribution in [3.63, 3.8) is 0 Å². The Labute approximate surface area is 186 Å². The molecule has 4 rings (SSSR count). The summed E-state index contributed by atoms with van der Waals surface area (Å²) in [5, 5.41) is 0.700. The predicted molar refractivity (Wildman–Crippen MR) is 117 cm³/mol. The number of oxazole rings is 1. The fourth-order valence-corrected chi connectivity index (χ4v) is 4.09. The van der Waals surface area contributed by atoms with Crippen LogP contribution in [-0.4, -0.2) is 40.8 Å². The van der Waals surface area contributed by atoms with Gasteiger partial charge in [-0.15, -0.1) is 0 Å². The number of carbonyl (C=O) groups excluding carboxylic acids is 1. The minimum atomic E-state index is -0.260. The van der Waals surface area contributed by atoms with Crippen LogP contribution in [0.4, 0.5) is 4.39 Å². The topological polar surface area (TPSA) is 49.6 Å². The number of carbonyl (C=O) groups is 1. The second kappa shape index (κ2) is 9.62. The maximum absolute atomic E-state index is 13.1. The molecule has 0 unspecified atom stereocenters. The molecule has 0 spiro atoms. The Morgan fingerprint density at radius 2 is 1.90 bits per heavy atom. The van der Waals surface area contributed by atoms with Crippen molar-refractivity contribution in [3.8, 4) is 0 Å². The molecule has 1 saturated heterocycles. The lowest BCUT2D eigenvalue weighted by molar-refractivity contribution is -0.133. The first-order valence-corrected chi connectivity index (χ1v) is 10.8. The third-order valence-electron chi connectivity index (χ3n) is 5.49. The van der Waals surface area contributed by atoms with E-state index in [1.165, 1.54) is 12.1 Å². The van der Waals surface area contributed by atoms with E-state index in [4.69, 9.17) is 16.0 Å². The lowest BCUT2D eigenvalue weighted by atomic mass is 10.1. The molecule has 1 aliphatic heterocycles. The van der Waals surface area contributed by atoms with Crippen LogP contribution in [0.3, 0.4) is 0 Å². The second-order valence-corrected chi connectivity index (χ2v) is 8.45. The molecule has 1 fully saturated rings. The van der Waals surface area contributed by atoms with E-state index in [2.05, 4.69) is 4.98 Å². The molecule has 1 amide bonds. The summed E-state index contributed by atoms with van der Waals surface area (Å²) < 4.78 is 19.1. The van der Waals surface area contributed by atoms with Gasteiger partial charge in [0.05, 0.1) is 12.7 Å². The molecule has 0 bridgehead atoms. The molecule has 0 N–H and O–H groups in total. The van der Waals surface area contributed by atoms with Crippen molar-refractivity contribution in [2.45, 2.75) is 31.8 Å². The lowest BCUT2D eigenvalue weighted by Crippen LogP contribution is -2.38. The highest BCUT2D eigenvalue weighted by molar-refractivity contribution is 6.30. The van der Waals surface area contributed by atoms with Crippen LogP contribution in [0.25, 0.3) is 0 Å². The van der Waals surface area contributed by atoms with Gasteiger partial charge in [-0.25, -0.2) is 9.37 Å². The summed E-state index contributed by atoms with van der Waals surface area (Å²) in [6.07, 6.45) is 4.14. The number of hydrogen-bond acceptors (Lipinski definition) is 4. The van der Waals surface area contributed by atoms with Gasteiger partial charge >= 0.3 is 0 Å². The van der Waals surface area contributed by atoms with Crippen molar-refractivity contribution in [1.29, 1.82) is 0 Å². The summed E-state index contributed by atoms with van der Waals surface area (Å²) in [5.41, 5.74) is 2.06. The number of likely N-dealkylation sites (tertiary alicyclic amines) is 1. The fraction of sp³-hybridized carbons (Fsp3) is 0.333. The Kier molecular flexibility index (Phi) is 6.68. The number of aromatic nitrogens is 1. The lowest BCUT2D eigenvalue weighted by Gasteiger charge is -2.25. The van der Waals surface area contributed by atoms with Crippen LogP contribution >= 0.6 is 11.6 Å². The minimum Gasteiger partial charge on any atom is -0.443 e. The molecule has 0 radical (unpaired) electrons. The number of halogens is 2. The Hall–Kier alpha value is -2.70. The van der Waals surface area contributed by atoms with Crippen LogP contribution in [0, 0.1) is 5.82 Å². The Morgan fingerprint density at radius 1 is 1.19 bits per heavy atom. The number of rotatable bonds is 7. The Morgan fingerprint density at radius 3 is 2.65 bits per heavy atom. The summed E-state index contributed by atoms with van der Waals surface area (Å²) in [6, 6.07) is 13.9. The maximum Gasteiger partial charge on any atom is 0.237 e. The van der Waals surface area contributed by atoms with Gasteiger partial charge in [0.1, 0.15) is 17.6 Å². The third-order valence-corrected chi connectivity index (χ3v) is 5.74. The number of nitrogens with zero attached hydrogens (tertiary/aromatic N) is 3. The molecule has 162 valence electrons. The van der Waals surface area contributed by atoms with Crippen molar-refractivity contribution in [2.24, 2.45) is 0 Å². The van der Waals surface area contributed by atoms with Gasteiger partial charge in [0.25, 0.3) is 0 Å². The quantitative estimate of drug-likeness (QED) is 0.525. The van der Waals surface area contributed by atoms with Crippen LogP contribution < -0.4 is 0 Å². The van der Waals surface area contributed by atoms with Gasteiger partial charge in [-0.3, -0.25) is 9.69 Å². The molecule has 7 heteroatoms. The molecule has 2 heterocycles. The first-order valence-electron chi connectivity index (χ1n) is 10.4. The zero-order valence-electron chi connectivity index (χ0n) is 17.4. The first-order chi connectivity index (χ1) is 15.0. The van der Waals surface area contributed by atoms with E-state index in [0.29, 0.717) is 30.4 Å². The van der Waals surface area contributed by atoms with Crippen molar-refractivity contribution in [2.75, 3.05) is 20.1 Å². The van der Waals surface area contributed by atoms with Gasteiger partial charge in [0, 0.05) is 24.5 Å². The van der Waals surface area contributed by atoms with Crippen LogP contribution in [-0.2, 0) is 17.8 Å². The third kappa shape index (κ3) is 5.51. The molecule has 31 heavy (non-hydrogen) atoms. The van der Waals surface area contributed by atoms with Gasteiger partial charge in [0.15, 0.2) is 0 Å². The zero-order chi connectivity index (χ0) is 21.8. The summed E-state index contributed by atoms with van der Waals surface area (Å²) in [6.45, 7) is 1.56. The molecule has 1 aromatic heterocycles. The average Bonchev–Trinajstić information content (AvgIpc) is 3.41. The van der Waals surface area contributed by atoms with E-state index >= 15 is 0 Å². The second-order valence-electron chi connectivity index (χ2n) is 8.01. The monoisotopic (exact) mass is 441 g/mol. The number of benzene rings is 2. The predicted octanol–water partition coefficient (Wildman–Crippen LogP) is 4.85. The van der Waals surface area contributed by atoms with Gasteiger partial charge < -0.3 is 9.32 Å². The van der Waals surface area contributed by atoms with E-state index < -0.39 is 0 Å². The van der Waals surface area contributed by atoms with Gasteiger partial charge in [-0.05, 0) is 55.3 Å². The van der Waals surface area contributed by atoms with Crippen LogP contribution in [0.1, 0.15) is 41.7 Å². The highest BCUT2D eigenvalue weighted by Gasteiger charge is 2.33. The molecule has 5 nitrogen and oxygen atoms in total. The minimum absolute atomic E-state index is 0.0459. The van der Waals surface area contributed by atoms with Gasteiger partial charge in [0.2, 0.25) is 11.8 Å². The normalized spacial score (nSPS) is 16.3. The summed E-state index contributed by atoms with van der Waals surface area (Å²) in [7, 11) is 1.89. The molecular formula is C24H25ClFN3O2. The summed E-state index contributed by atoms with van der Waals surface area (Å²) in [4.78, 5) is 21.2. The Bertz CT molecular complexity index is 1020. The SMILES string of the molecule is CN(CC(=O)N1CCC[C@@H]1c1ncc(Cc2ccc(Cl)cc2)o1)Cc1ccc(F)cc1. The van der Waals surface area contributed by atoms with E-state index in [-0.39, 0.29) is 24.3 Å². The first kappa shape index (κ1) is 21.5. The summed E-state index contributed by atoms with van der Waals surface area (Å²) >= 11 is 5.95. The number of amides is 1. The van der Waals surface area contributed by atoms with Gasteiger partial charge in [-0.1, -0.05) is 35.9 Å². The molecule has 2 aromatic carbocycles. The van der Waals surface area contributed by atoms with Crippen LogP contribution in [0.5, 0.6) is 0 Å². The number of likely N-dealkylation sites (N-methyl/N-ethyl adjacent to an activating group) is 1. The zero-order valence-corrected chi connectivity index (χ0v) is 18.2. The molecule has 1 aliphatic rings. The molecule has 0 aliphatic carbocycles. The van der Waals surface area contributed by atoms with Crippen molar-refractivity contribution in [1.82, 2.24) is 14.8 Å². The largest absolute Gasteiger partial charge is 0.443 e. The molecule has 0 saturated carbocycles. The fourth-order valence-electron chi connectivity index (χ4n) is 3.96. The average molecular weight is 442 g/mol. The van der Waals surface area contributed by atoms with E-state index in [9.17, 15) is 9.18 Å². The van der Waals surface area contributed by atoms with Crippen LogP contribution in [0.15, 0.2) is 59.1 Å². The molecule has 3 aromatic rings. The van der Waals surface area contributed by atoms with Crippen molar-refractivity contribution < 1.29 is 13.6 Å². The standard InChI is InChI=1S/C24H25ClFN3O2/c1-28(15-18-6-10-20(26)11-7-18)16-23(30)29-12-2-3-22(29)24-27-14-21(31-24)13-17-4-8-19(25)9-5-17/h4-11,14,22H,2-3,12-13,15-16H2,1H3/t22-/m1/s1. The van der Waals surface area contributed by atoms with Crippen molar-refractivity contribution >= 4 is 17.5 Å². The smallest absolute Gasteiger partial charge is 0.237 e. The number of hydrogen-bond donors (Lipinski definition) is 0. The Balaban J connectivity index is 1.37. The van der Waals surface area contributed by atoms with E-state index in [1.807, 2.05) is 41.1 Å². The van der Waals surface area contributed by atoms with E-state index in [0.717, 1.165) is 29.7 Å². The van der Waals surface area contributed by atoms with Gasteiger partial charge in [-0.2, -0.15) is 0 Å². The molecular weight excluding hydrogens is 417 g/mol. The summed E-state index contributed by atoms with van der Waals surface area (Å²) in [5.74, 6) is 1.15.